The highest BCUT2D eigenvalue weighted by atomic mass is 16.7. The van der Waals surface area contributed by atoms with Crippen molar-refractivity contribution in [3.8, 4) is 34.5 Å². The fourth-order valence-electron chi connectivity index (χ4n) is 13.9. The zero-order valence-electron chi connectivity index (χ0n) is 61.3. The molecule has 5 fully saturated rings. The van der Waals surface area contributed by atoms with Gasteiger partial charge in [-0.1, -0.05) is 38.0 Å². The smallest absolute Gasteiger partial charge is 0.416 e. The molecule has 107 heavy (non-hydrogen) atoms. The molecule has 5 saturated heterocycles. The number of fused-ring (bicyclic) bond motifs is 6. The summed E-state index contributed by atoms with van der Waals surface area (Å²) in [5, 5.41) is 20.0. The van der Waals surface area contributed by atoms with Gasteiger partial charge in [0.25, 0.3) is 17.7 Å². The van der Waals surface area contributed by atoms with Crippen LogP contribution in [-0.2, 0) is 57.0 Å². The number of carbonyl (C=O) groups excluding carboxylic acids is 8. The van der Waals surface area contributed by atoms with Gasteiger partial charge < -0.3 is 96.0 Å². The number of carbonyl (C=O) groups is 9. The van der Waals surface area contributed by atoms with E-state index in [0.29, 0.717) is 106 Å². The van der Waals surface area contributed by atoms with E-state index >= 15 is 0 Å². The van der Waals surface area contributed by atoms with Gasteiger partial charge in [-0.15, -0.1) is 0 Å². The molecule has 6 amide bonds. The SMILES string of the molecule is C=CCOC(=O)N1c2cc(OCCCC(=O)O)c(OC)cc2C(=O)N2CCC[C@H]2[C@@H]1OC1CCCCO1.C=CCOC(=O)N1c2cc(OCCCC(=O)OC)c(OC)cc2C(=O)N2CCC[C@H]2[C@@H]1O.C=CCOC(=O)N1c2cc(OCCCC(=O)OC)c(OC)cc2C(=O)N2CCC[C@H]2[C@@H]1OC1CCCCO1. The lowest BCUT2D eigenvalue weighted by molar-refractivity contribution is -0.195. The first-order valence-corrected chi connectivity index (χ1v) is 36.1. The minimum absolute atomic E-state index is 0.00726. The lowest BCUT2D eigenvalue weighted by Crippen LogP contribution is -2.54. The Labute approximate surface area is 621 Å². The second-order valence-corrected chi connectivity index (χ2v) is 25.9. The van der Waals surface area contributed by atoms with E-state index in [-0.39, 0.29) is 141 Å². The number of hydrogen-bond donors (Lipinski definition) is 2. The monoisotopic (exact) mass is 1500 g/mol. The topological polar surface area (TPSA) is 352 Å². The highest BCUT2D eigenvalue weighted by Crippen LogP contribution is 2.46. The maximum Gasteiger partial charge on any atom is 0.416 e. The van der Waals surface area contributed by atoms with Crippen LogP contribution in [0.3, 0.4) is 0 Å². The van der Waals surface area contributed by atoms with Crippen molar-refractivity contribution in [1.82, 2.24) is 14.7 Å². The van der Waals surface area contributed by atoms with Crippen molar-refractivity contribution in [2.24, 2.45) is 0 Å². The summed E-state index contributed by atoms with van der Waals surface area (Å²) in [4.78, 5) is 123. The second kappa shape index (κ2) is 39.6. The molecule has 2 unspecified atom stereocenters. The van der Waals surface area contributed by atoms with Gasteiger partial charge in [-0.25, -0.2) is 29.1 Å². The Balaban J connectivity index is 0.000000186. The zero-order chi connectivity index (χ0) is 76.7. The Kier molecular flexibility index (Phi) is 30.1. The van der Waals surface area contributed by atoms with E-state index in [1.165, 1.54) is 75.7 Å². The third-order valence-electron chi connectivity index (χ3n) is 19.0. The number of nitrogens with zero attached hydrogens (tertiary/aromatic N) is 6. The molecule has 0 radical (unpaired) electrons. The molecule has 8 aliphatic heterocycles. The summed E-state index contributed by atoms with van der Waals surface area (Å²) in [6.45, 7) is 13.9. The van der Waals surface area contributed by atoms with Crippen molar-refractivity contribution in [1.29, 1.82) is 0 Å². The van der Waals surface area contributed by atoms with Crippen LogP contribution in [0.5, 0.6) is 34.5 Å². The number of amides is 6. The number of esters is 2. The summed E-state index contributed by atoms with van der Waals surface area (Å²) >= 11 is 0. The highest BCUT2D eigenvalue weighted by molar-refractivity contribution is 6.08. The van der Waals surface area contributed by atoms with Gasteiger partial charge >= 0.3 is 36.2 Å². The lowest BCUT2D eigenvalue weighted by atomic mass is 10.1. The molecular weight excluding hydrogens is 1400 g/mol. The van der Waals surface area contributed by atoms with Gasteiger partial charge in [0, 0.05) is 70.3 Å². The number of anilines is 3. The number of methoxy groups -OCH3 is 5. The molecule has 32 heteroatoms. The van der Waals surface area contributed by atoms with Crippen molar-refractivity contribution in [3.05, 3.63) is 91.1 Å². The number of aliphatic carboxylic acids is 1. The largest absolute Gasteiger partial charge is 0.493 e. The predicted octanol–water partition coefficient (Wildman–Crippen LogP) is 9.29. The first kappa shape index (κ1) is 81.2. The van der Waals surface area contributed by atoms with Crippen molar-refractivity contribution in [3.63, 3.8) is 0 Å². The van der Waals surface area contributed by atoms with Gasteiger partial charge in [-0.2, -0.15) is 0 Å². The lowest BCUT2D eigenvalue weighted by Gasteiger charge is -2.38. The molecule has 3 aromatic carbocycles. The van der Waals surface area contributed by atoms with Crippen LogP contribution in [0, 0.1) is 0 Å². The Bertz CT molecular complexity index is 3650. The molecule has 0 bridgehead atoms. The summed E-state index contributed by atoms with van der Waals surface area (Å²) in [5.74, 6) is -0.616. The second-order valence-electron chi connectivity index (χ2n) is 25.9. The number of rotatable bonds is 28. The minimum atomic E-state index is -1.29. The zero-order valence-corrected chi connectivity index (χ0v) is 61.3. The molecule has 584 valence electrons. The third kappa shape index (κ3) is 19.8. The van der Waals surface area contributed by atoms with E-state index in [0.717, 1.165) is 49.8 Å². The van der Waals surface area contributed by atoms with Crippen molar-refractivity contribution < 1.29 is 124 Å². The molecule has 8 atom stereocenters. The van der Waals surface area contributed by atoms with E-state index in [1.54, 1.807) is 39.0 Å². The average Bonchev–Trinajstić information content (AvgIpc) is 1.67. The summed E-state index contributed by atoms with van der Waals surface area (Å²) < 4.78 is 83.9. The van der Waals surface area contributed by atoms with E-state index in [4.69, 9.17) is 66.7 Å². The Hall–Kier alpha value is -9.89. The number of aliphatic hydroxyl groups excluding tert-OH is 1. The normalized spacial score (nSPS) is 21.9. The van der Waals surface area contributed by atoms with Crippen LogP contribution in [0.15, 0.2) is 74.4 Å². The molecule has 0 saturated carbocycles. The van der Waals surface area contributed by atoms with Gasteiger partial charge in [0.2, 0.25) is 0 Å². The van der Waals surface area contributed by atoms with Gasteiger partial charge in [-0.3, -0.25) is 28.8 Å². The quantitative estimate of drug-likeness (QED) is 0.0296. The number of ether oxygens (including phenoxy) is 15. The molecule has 3 aromatic rings. The Morgan fingerprint density at radius 2 is 0.804 bits per heavy atom. The maximum absolute atomic E-state index is 13.8. The van der Waals surface area contributed by atoms with Crippen LogP contribution < -0.4 is 43.1 Å². The fraction of sp³-hybridized carbons (Fsp3) is 0.560. The van der Waals surface area contributed by atoms with Gasteiger partial charge in [0.05, 0.1) is 107 Å². The molecule has 2 N–H and O–H groups in total. The first-order chi connectivity index (χ1) is 51.8. The van der Waals surface area contributed by atoms with Crippen molar-refractivity contribution >= 4 is 71.0 Å². The maximum atomic E-state index is 13.8. The molecule has 8 heterocycles. The van der Waals surface area contributed by atoms with Crippen LogP contribution in [0.2, 0.25) is 0 Å². The van der Waals surface area contributed by atoms with Crippen LogP contribution >= 0.6 is 0 Å². The van der Waals surface area contributed by atoms with Gasteiger partial charge in [0.15, 0.2) is 65.8 Å². The number of aliphatic hydroxyl groups is 1. The molecule has 0 aliphatic carbocycles. The third-order valence-corrected chi connectivity index (χ3v) is 19.0. The van der Waals surface area contributed by atoms with E-state index in [1.807, 2.05) is 0 Å². The molecule has 0 aromatic heterocycles. The number of benzene rings is 3. The van der Waals surface area contributed by atoms with Crippen molar-refractivity contribution in [2.75, 3.05) is 123 Å². The Morgan fingerprint density at radius 3 is 1.14 bits per heavy atom. The average molecular weight is 1500 g/mol. The molecule has 0 spiro atoms. The van der Waals surface area contributed by atoms with E-state index in [2.05, 4.69) is 29.2 Å². The molecule has 32 nitrogen and oxygen atoms in total. The first-order valence-electron chi connectivity index (χ1n) is 36.1. The van der Waals surface area contributed by atoms with Crippen LogP contribution in [0.4, 0.5) is 31.4 Å². The number of carboxylic acid groups (broad SMARTS) is 1. The number of carboxylic acids is 1. The predicted molar refractivity (Wildman–Crippen MR) is 382 cm³/mol. The summed E-state index contributed by atoms with van der Waals surface area (Å²) in [6, 6.07) is 7.92. The van der Waals surface area contributed by atoms with Gasteiger partial charge in [-0.05, 0) is 115 Å². The Morgan fingerprint density at radius 1 is 0.458 bits per heavy atom. The van der Waals surface area contributed by atoms with Gasteiger partial charge in [0.1, 0.15) is 19.8 Å². The van der Waals surface area contributed by atoms with Crippen molar-refractivity contribution in [2.45, 2.75) is 165 Å². The molecular formula is C75H98N6O26. The summed E-state index contributed by atoms with van der Waals surface area (Å²) in [7, 11) is 7.01. The van der Waals surface area contributed by atoms with Crippen LogP contribution in [-0.4, -0.2) is 236 Å². The standard InChI is InChI=1S/C27H36N2O9.C26H34N2O9.C22H28N2O8/c1-4-13-37-27(32)29-20-17-22(35-15-8-10-23(30)34-3)21(33-2)16-18(20)25(31)28-12-7-9-19(28)26(29)38-24-11-5-6-14-36-24;1-3-12-36-26(32)28-19-16-21(34-14-7-9-22(29)30)20(33-2)15-17(19)24(31)27-11-6-8-18(27)25(28)37-23-10-4-5-13-35-23;1-4-10-32-22(28)24-16-13-18(31-11-6-8-19(25)30-3)17(29-2)12-14(16)20(26)23-9-5-7-15(23)21(24)27/h4,16-17,19,24,26H,1,5-15H2,2-3H3;3,15-16,18,23,25H,1,4-14H2,2H3,(H,29,30);4,12-13,15,21,27H,1,5-11H2,2-3H3/t19-,24?,26-;18-,23?,25-;15-,21-/m000/s1. The van der Waals surface area contributed by atoms with Crippen LogP contribution in [0.25, 0.3) is 0 Å². The fourth-order valence-corrected chi connectivity index (χ4v) is 13.9. The molecule has 8 aliphatic rings. The van der Waals surface area contributed by atoms with Crippen LogP contribution in [0.1, 0.15) is 147 Å². The minimum Gasteiger partial charge on any atom is -0.493 e. The molecule has 11 rings (SSSR count). The summed E-state index contributed by atoms with van der Waals surface area (Å²) in [5.41, 5.74) is 1.46. The number of hydrogen-bond acceptors (Lipinski definition) is 25. The van der Waals surface area contributed by atoms with E-state index < -0.39 is 67.6 Å². The van der Waals surface area contributed by atoms with E-state index in [9.17, 15) is 48.3 Å². The summed E-state index contributed by atoms with van der Waals surface area (Å²) in [6.07, 6.45) is 8.90. The highest BCUT2D eigenvalue weighted by Gasteiger charge is 2.51.